The Labute approximate surface area is 141 Å². The summed E-state index contributed by atoms with van der Waals surface area (Å²) < 4.78 is 7.48. The van der Waals surface area contributed by atoms with Crippen molar-refractivity contribution in [2.24, 2.45) is 0 Å². The number of imidazole rings is 1. The van der Waals surface area contributed by atoms with Crippen LogP contribution in [0.5, 0.6) is 5.75 Å². The van der Waals surface area contributed by atoms with Crippen molar-refractivity contribution < 1.29 is 4.74 Å². The zero-order valence-electron chi connectivity index (χ0n) is 13.5. The lowest BCUT2D eigenvalue weighted by atomic mass is 10.1. The fourth-order valence-electron chi connectivity index (χ4n) is 2.99. The van der Waals surface area contributed by atoms with Crippen LogP contribution >= 0.6 is 0 Å². The van der Waals surface area contributed by atoms with Crippen LogP contribution in [0, 0.1) is 0 Å². The minimum absolute atomic E-state index is 0.771. The van der Waals surface area contributed by atoms with E-state index >= 15 is 0 Å². The summed E-state index contributed by atoms with van der Waals surface area (Å²) in [5.41, 5.74) is 4.50. The molecule has 0 aliphatic carbocycles. The first-order valence-electron chi connectivity index (χ1n) is 8.00. The zero-order chi connectivity index (χ0) is 16.4. The second kappa shape index (κ2) is 6.20. The van der Waals surface area contributed by atoms with E-state index in [1.807, 2.05) is 24.3 Å². The summed E-state index contributed by atoms with van der Waals surface area (Å²) in [6.45, 7) is 0. The second-order valence-corrected chi connectivity index (χ2v) is 5.71. The summed E-state index contributed by atoms with van der Waals surface area (Å²) in [7, 11) is 1.68. The molecule has 3 nitrogen and oxygen atoms in total. The van der Waals surface area contributed by atoms with Gasteiger partial charge in [-0.2, -0.15) is 0 Å². The molecular weight excluding hydrogens is 296 g/mol. The van der Waals surface area contributed by atoms with E-state index in [1.165, 1.54) is 5.56 Å². The number of aromatic nitrogens is 2. The third-order valence-electron chi connectivity index (χ3n) is 4.17. The molecule has 4 rings (SSSR count). The normalized spacial score (nSPS) is 10.9. The van der Waals surface area contributed by atoms with Gasteiger partial charge < -0.3 is 4.74 Å². The average Bonchev–Trinajstić information content (AvgIpc) is 3.01. The number of ether oxygens (including phenoxy) is 1. The molecule has 0 radical (unpaired) electrons. The van der Waals surface area contributed by atoms with Crippen LogP contribution in [0.25, 0.3) is 16.7 Å². The minimum Gasteiger partial charge on any atom is -0.497 e. The van der Waals surface area contributed by atoms with Gasteiger partial charge in [-0.25, -0.2) is 4.98 Å². The van der Waals surface area contributed by atoms with E-state index in [0.717, 1.165) is 34.7 Å². The van der Waals surface area contributed by atoms with Crippen LogP contribution in [0.3, 0.4) is 0 Å². The molecule has 0 amide bonds. The maximum atomic E-state index is 5.24. The molecule has 0 saturated heterocycles. The van der Waals surface area contributed by atoms with Crippen LogP contribution in [0.1, 0.15) is 11.4 Å². The SMILES string of the molecule is COc1ccc(Cc2nc3ccccc3n2-c2ccccc2)cc1. The summed E-state index contributed by atoms with van der Waals surface area (Å²) in [6, 6.07) is 26.8. The highest BCUT2D eigenvalue weighted by Crippen LogP contribution is 2.23. The van der Waals surface area contributed by atoms with Crippen molar-refractivity contribution in [3.63, 3.8) is 0 Å². The molecule has 0 bridgehead atoms. The molecule has 0 saturated carbocycles. The predicted octanol–water partition coefficient (Wildman–Crippen LogP) is 4.62. The van der Waals surface area contributed by atoms with Crippen molar-refractivity contribution in [3.05, 3.63) is 90.3 Å². The molecule has 118 valence electrons. The van der Waals surface area contributed by atoms with Crippen molar-refractivity contribution in [3.8, 4) is 11.4 Å². The van der Waals surface area contributed by atoms with Crippen molar-refractivity contribution in [2.75, 3.05) is 7.11 Å². The molecule has 0 atom stereocenters. The van der Waals surface area contributed by atoms with Gasteiger partial charge in [-0.1, -0.05) is 42.5 Å². The Bertz CT molecular complexity index is 956. The Kier molecular flexibility index (Phi) is 3.75. The van der Waals surface area contributed by atoms with Crippen LogP contribution < -0.4 is 4.74 Å². The van der Waals surface area contributed by atoms with Gasteiger partial charge in [0.25, 0.3) is 0 Å². The summed E-state index contributed by atoms with van der Waals surface area (Å²) in [5.74, 6) is 1.91. The molecule has 1 heterocycles. The van der Waals surface area contributed by atoms with E-state index < -0.39 is 0 Å². The first-order valence-corrected chi connectivity index (χ1v) is 8.00. The van der Waals surface area contributed by atoms with Gasteiger partial charge in [0, 0.05) is 12.1 Å². The monoisotopic (exact) mass is 314 g/mol. The highest BCUT2D eigenvalue weighted by atomic mass is 16.5. The van der Waals surface area contributed by atoms with Crippen molar-refractivity contribution >= 4 is 11.0 Å². The number of benzene rings is 3. The van der Waals surface area contributed by atoms with E-state index in [0.29, 0.717) is 0 Å². The van der Waals surface area contributed by atoms with Crippen LogP contribution in [0.4, 0.5) is 0 Å². The predicted molar refractivity (Wildman–Crippen MR) is 96.9 cm³/mol. The number of rotatable bonds is 4. The number of hydrogen-bond acceptors (Lipinski definition) is 2. The van der Waals surface area contributed by atoms with Crippen LogP contribution in [-0.2, 0) is 6.42 Å². The lowest BCUT2D eigenvalue weighted by molar-refractivity contribution is 0.414. The lowest BCUT2D eigenvalue weighted by Crippen LogP contribution is -2.02. The third kappa shape index (κ3) is 2.65. The molecule has 0 aliphatic rings. The maximum absolute atomic E-state index is 5.24. The third-order valence-corrected chi connectivity index (χ3v) is 4.17. The summed E-state index contributed by atoms with van der Waals surface area (Å²) in [6.07, 6.45) is 0.771. The molecule has 3 aromatic carbocycles. The highest BCUT2D eigenvalue weighted by molar-refractivity contribution is 5.78. The fourth-order valence-corrected chi connectivity index (χ4v) is 2.99. The van der Waals surface area contributed by atoms with Gasteiger partial charge in [0.15, 0.2) is 0 Å². The van der Waals surface area contributed by atoms with Gasteiger partial charge >= 0.3 is 0 Å². The number of para-hydroxylation sites is 3. The first kappa shape index (κ1) is 14.5. The van der Waals surface area contributed by atoms with E-state index in [4.69, 9.17) is 9.72 Å². The Morgan fingerprint density at radius 1 is 0.833 bits per heavy atom. The zero-order valence-corrected chi connectivity index (χ0v) is 13.5. The van der Waals surface area contributed by atoms with E-state index in [2.05, 4.69) is 59.2 Å². The quantitative estimate of drug-likeness (QED) is 0.549. The summed E-state index contributed by atoms with van der Waals surface area (Å²) >= 11 is 0. The van der Waals surface area contributed by atoms with Crippen molar-refractivity contribution in [2.45, 2.75) is 6.42 Å². The summed E-state index contributed by atoms with van der Waals surface area (Å²) in [4.78, 5) is 4.86. The van der Waals surface area contributed by atoms with Gasteiger partial charge in [0.1, 0.15) is 11.6 Å². The Morgan fingerprint density at radius 3 is 2.29 bits per heavy atom. The Hall–Kier alpha value is -3.07. The molecule has 1 aromatic heterocycles. The van der Waals surface area contributed by atoms with Crippen molar-refractivity contribution in [1.82, 2.24) is 9.55 Å². The lowest BCUT2D eigenvalue weighted by Gasteiger charge is -2.09. The first-order chi connectivity index (χ1) is 11.8. The largest absolute Gasteiger partial charge is 0.497 e. The van der Waals surface area contributed by atoms with Crippen LogP contribution in [-0.4, -0.2) is 16.7 Å². The topological polar surface area (TPSA) is 27.1 Å². The highest BCUT2D eigenvalue weighted by Gasteiger charge is 2.12. The van der Waals surface area contributed by atoms with Gasteiger partial charge in [0.05, 0.1) is 18.1 Å². The molecule has 0 fully saturated rings. The number of hydrogen-bond donors (Lipinski definition) is 0. The molecule has 4 aromatic rings. The maximum Gasteiger partial charge on any atom is 0.118 e. The Balaban J connectivity index is 1.82. The van der Waals surface area contributed by atoms with E-state index in [1.54, 1.807) is 7.11 Å². The number of fused-ring (bicyclic) bond motifs is 1. The smallest absolute Gasteiger partial charge is 0.118 e. The minimum atomic E-state index is 0.771. The fraction of sp³-hybridized carbons (Fsp3) is 0.0952. The molecule has 0 spiro atoms. The second-order valence-electron chi connectivity index (χ2n) is 5.71. The van der Waals surface area contributed by atoms with E-state index in [-0.39, 0.29) is 0 Å². The molecule has 24 heavy (non-hydrogen) atoms. The van der Waals surface area contributed by atoms with Gasteiger partial charge in [-0.05, 0) is 42.0 Å². The molecule has 0 aliphatic heterocycles. The number of nitrogens with zero attached hydrogens (tertiary/aromatic N) is 2. The average molecular weight is 314 g/mol. The molecule has 0 N–H and O–H groups in total. The van der Waals surface area contributed by atoms with Crippen LogP contribution in [0.2, 0.25) is 0 Å². The molecule has 3 heteroatoms. The molecular formula is C21H18N2O. The van der Waals surface area contributed by atoms with Crippen LogP contribution in [0.15, 0.2) is 78.9 Å². The van der Waals surface area contributed by atoms with Gasteiger partial charge in [0.2, 0.25) is 0 Å². The number of methoxy groups -OCH3 is 1. The van der Waals surface area contributed by atoms with Gasteiger partial charge in [-0.3, -0.25) is 4.57 Å². The standard InChI is InChI=1S/C21H18N2O/c1-24-18-13-11-16(12-14-18)15-21-22-19-9-5-6-10-20(19)23(21)17-7-3-2-4-8-17/h2-14H,15H2,1H3. The van der Waals surface area contributed by atoms with Gasteiger partial charge in [-0.15, -0.1) is 0 Å². The van der Waals surface area contributed by atoms with Crippen molar-refractivity contribution in [1.29, 1.82) is 0 Å². The Morgan fingerprint density at radius 2 is 1.54 bits per heavy atom. The van der Waals surface area contributed by atoms with E-state index in [9.17, 15) is 0 Å². The molecule has 0 unspecified atom stereocenters. The summed E-state index contributed by atoms with van der Waals surface area (Å²) in [5, 5.41) is 0.